The van der Waals surface area contributed by atoms with Gasteiger partial charge in [-0.2, -0.15) is 0 Å². The fourth-order valence-electron chi connectivity index (χ4n) is 3.68. The molecule has 0 saturated carbocycles. The summed E-state index contributed by atoms with van der Waals surface area (Å²) in [6.45, 7) is 12.0. The molecule has 2 N–H and O–H groups in total. The van der Waals surface area contributed by atoms with Gasteiger partial charge in [-0.3, -0.25) is 9.59 Å². The molecule has 0 fully saturated rings. The first-order valence-electron chi connectivity index (χ1n) is 10.4. The van der Waals surface area contributed by atoms with E-state index in [1.54, 1.807) is 12.1 Å². The molecule has 5 nitrogen and oxygen atoms in total. The SMILES string of the molecule is Cc1ccc(C(=O)N[C@H](C(=O)Nc2nc(-c3c(C)cc(C)cc3C)cs2)C(C)C)cc1. The third kappa shape index (κ3) is 5.39. The van der Waals surface area contributed by atoms with E-state index in [-0.39, 0.29) is 17.7 Å². The molecule has 1 aromatic heterocycles. The smallest absolute Gasteiger partial charge is 0.251 e. The molecule has 3 aromatic rings. The lowest BCUT2D eigenvalue weighted by Gasteiger charge is -2.21. The summed E-state index contributed by atoms with van der Waals surface area (Å²) < 4.78 is 0. The quantitative estimate of drug-likeness (QED) is 0.542. The van der Waals surface area contributed by atoms with Crippen LogP contribution in [0.3, 0.4) is 0 Å². The molecule has 162 valence electrons. The fraction of sp³-hybridized carbons (Fsp3) is 0.320. The van der Waals surface area contributed by atoms with E-state index in [2.05, 4.69) is 48.5 Å². The first kappa shape index (κ1) is 22.7. The highest BCUT2D eigenvalue weighted by Crippen LogP contribution is 2.31. The Morgan fingerprint density at radius 2 is 1.55 bits per heavy atom. The normalized spacial score (nSPS) is 12.0. The van der Waals surface area contributed by atoms with Crippen LogP contribution in [0.15, 0.2) is 41.8 Å². The Labute approximate surface area is 187 Å². The van der Waals surface area contributed by atoms with E-state index in [1.165, 1.54) is 16.9 Å². The number of amides is 2. The number of nitrogens with one attached hydrogen (secondary N) is 2. The number of rotatable bonds is 6. The van der Waals surface area contributed by atoms with Crippen LogP contribution >= 0.6 is 11.3 Å². The van der Waals surface area contributed by atoms with Crippen LogP contribution in [0.2, 0.25) is 0 Å². The van der Waals surface area contributed by atoms with Crippen LogP contribution in [-0.2, 0) is 4.79 Å². The maximum Gasteiger partial charge on any atom is 0.251 e. The van der Waals surface area contributed by atoms with Crippen molar-refractivity contribution in [1.29, 1.82) is 0 Å². The molecule has 0 saturated heterocycles. The molecule has 6 heteroatoms. The largest absolute Gasteiger partial charge is 0.340 e. The van der Waals surface area contributed by atoms with Crippen molar-refractivity contribution < 1.29 is 9.59 Å². The van der Waals surface area contributed by atoms with E-state index in [9.17, 15) is 9.59 Å². The van der Waals surface area contributed by atoms with Crippen molar-refractivity contribution in [3.8, 4) is 11.3 Å². The van der Waals surface area contributed by atoms with Crippen molar-refractivity contribution in [3.05, 3.63) is 69.6 Å². The molecule has 2 amide bonds. The van der Waals surface area contributed by atoms with Gasteiger partial charge in [0, 0.05) is 16.5 Å². The summed E-state index contributed by atoms with van der Waals surface area (Å²) in [6, 6.07) is 10.9. The van der Waals surface area contributed by atoms with Crippen molar-refractivity contribution in [2.75, 3.05) is 5.32 Å². The highest BCUT2D eigenvalue weighted by molar-refractivity contribution is 7.14. The Morgan fingerprint density at radius 1 is 0.935 bits per heavy atom. The van der Waals surface area contributed by atoms with Gasteiger partial charge < -0.3 is 10.6 Å². The van der Waals surface area contributed by atoms with Crippen molar-refractivity contribution in [1.82, 2.24) is 10.3 Å². The van der Waals surface area contributed by atoms with Crippen molar-refractivity contribution >= 4 is 28.3 Å². The minimum atomic E-state index is -0.663. The molecule has 0 aliphatic rings. The van der Waals surface area contributed by atoms with E-state index < -0.39 is 6.04 Å². The predicted molar refractivity (Wildman–Crippen MR) is 128 cm³/mol. The number of benzene rings is 2. The van der Waals surface area contributed by atoms with Gasteiger partial charge >= 0.3 is 0 Å². The summed E-state index contributed by atoms with van der Waals surface area (Å²) >= 11 is 1.38. The molecular weight excluding hydrogens is 406 g/mol. The summed E-state index contributed by atoms with van der Waals surface area (Å²) in [7, 11) is 0. The van der Waals surface area contributed by atoms with E-state index in [1.807, 2.05) is 38.3 Å². The summed E-state index contributed by atoms with van der Waals surface area (Å²) in [5, 5.41) is 8.22. The topological polar surface area (TPSA) is 71.1 Å². The predicted octanol–water partition coefficient (Wildman–Crippen LogP) is 5.44. The summed E-state index contributed by atoms with van der Waals surface area (Å²) in [5.74, 6) is -0.608. The van der Waals surface area contributed by atoms with Crippen LogP contribution in [0, 0.1) is 33.6 Å². The zero-order valence-electron chi connectivity index (χ0n) is 18.9. The molecule has 0 spiro atoms. The third-order valence-electron chi connectivity index (χ3n) is 5.22. The average molecular weight is 436 g/mol. The standard InChI is InChI=1S/C25H29N3O2S/c1-14(2)22(27-23(29)19-9-7-15(3)8-10-19)24(30)28-25-26-20(13-31-25)21-17(5)11-16(4)12-18(21)6/h7-14,22H,1-6H3,(H,27,29)(H,26,28,30)/t22-/m0/s1. The molecule has 0 bridgehead atoms. The van der Waals surface area contributed by atoms with Gasteiger partial charge in [-0.25, -0.2) is 4.98 Å². The van der Waals surface area contributed by atoms with E-state index in [0.717, 1.165) is 27.9 Å². The second-order valence-corrected chi connectivity index (χ2v) is 9.22. The summed E-state index contributed by atoms with van der Waals surface area (Å²) in [4.78, 5) is 30.2. The van der Waals surface area contributed by atoms with Gasteiger partial charge in [-0.05, 0) is 56.9 Å². The third-order valence-corrected chi connectivity index (χ3v) is 5.97. The number of anilines is 1. The second kappa shape index (κ2) is 9.43. The Bertz CT molecular complexity index is 1080. The molecule has 31 heavy (non-hydrogen) atoms. The van der Waals surface area contributed by atoms with E-state index in [4.69, 9.17) is 0 Å². The number of aryl methyl sites for hydroxylation is 4. The van der Waals surface area contributed by atoms with E-state index >= 15 is 0 Å². The molecule has 0 radical (unpaired) electrons. The van der Waals surface area contributed by atoms with Gasteiger partial charge in [0.05, 0.1) is 5.69 Å². The molecule has 0 aliphatic heterocycles. The molecule has 0 unspecified atom stereocenters. The maximum absolute atomic E-state index is 12.9. The number of carbonyl (C=O) groups excluding carboxylic acids is 2. The van der Waals surface area contributed by atoms with Crippen molar-refractivity contribution in [2.24, 2.45) is 5.92 Å². The van der Waals surface area contributed by atoms with Crippen LogP contribution < -0.4 is 10.6 Å². The Morgan fingerprint density at radius 3 is 2.13 bits per heavy atom. The van der Waals surface area contributed by atoms with Crippen LogP contribution in [0.25, 0.3) is 11.3 Å². The van der Waals surface area contributed by atoms with Gasteiger partial charge in [-0.15, -0.1) is 11.3 Å². The van der Waals surface area contributed by atoms with Gasteiger partial charge in [0.25, 0.3) is 5.91 Å². The number of hydrogen-bond acceptors (Lipinski definition) is 4. The van der Waals surface area contributed by atoms with Gasteiger partial charge in [0.2, 0.25) is 5.91 Å². The Hall–Kier alpha value is -2.99. The number of aromatic nitrogens is 1. The van der Waals surface area contributed by atoms with Crippen LogP contribution in [0.5, 0.6) is 0 Å². The van der Waals surface area contributed by atoms with Gasteiger partial charge in [0.1, 0.15) is 6.04 Å². The van der Waals surface area contributed by atoms with Crippen LogP contribution in [0.1, 0.15) is 46.5 Å². The number of thiazole rings is 1. The first-order chi connectivity index (χ1) is 14.7. The minimum Gasteiger partial charge on any atom is -0.340 e. The van der Waals surface area contributed by atoms with Gasteiger partial charge in [0.15, 0.2) is 5.13 Å². The molecule has 0 aliphatic carbocycles. The fourth-order valence-corrected chi connectivity index (χ4v) is 4.38. The lowest BCUT2D eigenvalue weighted by molar-refractivity contribution is -0.118. The minimum absolute atomic E-state index is 0.0737. The van der Waals surface area contributed by atoms with Crippen LogP contribution in [-0.4, -0.2) is 22.8 Å². The lowest BCUT2D eigenvalue weighted by atomic mass is 9.98. The zero-order chi connectivity index (χ0) is 22.7. The molecule has 1 heterocycles. The van der Waals surface area contributed by atoms with Crippen LogP contribution in [0.4, 0.5) is 5.13 Å². The second-order valence-electron chi connectivity index (χ2n) is 8.36. The number of nitrogens with zero attached hydrogens (tertiary/aromatic N) is 1. The number of carbonyl (C=O) groups is 2. The molecule has 2 aromatic carbocycles. The monoisotopic (exact) mass is 435 g/mol. The Kier molecular flexibility index (Phi) is 6.91. The van der Waals surface area contributed by atoms with Gasteiger partial charge in [-0.1, -0.05) is 49.2 Å². The maximum atomic E-state index is 12.9. The highest BCUT2D eigenvalue weighted by atomic mass is 32.1. The van der Waals surface area contributed by atoms with Crippen molar-refractivity contribution in [3.63, 3.8) is 0 Å². The molecule has 3 rings (SSSR count). The summed E-state index contributed by atoms with van der Waals surface area (Å²) in [5.41, 5.74) is 7.08. The number of hydrogen-bond donors (Lipinski definition) is 2. The summed E-state index contributed by atoms with van der Waals surface area (Å²) in [6.07, 6.45) is 0. The van der Waals surface area contributed by atoms with E-state index in [0.29, 0.717) is 10.7 Å². The highest BCUT2D eigenvalue weighted by Gasteiger charge is 2.25. The lowest BCUT2D eigenvalue weighted by Crippen LogP contribution is -2.47. The first-order valence-corrected chi connectivity index (χ1v) is 11.3. The van der Waals surface area contributed by atoms with Crippen molar-refractivity contribution in [2.45, 2.75) is 47.6 Å². The average Bonchev–Trinajstić information content (AvgIpc) is 3.13. The molecule has 1 atom stereocenters. The molecular formula is C25H29N3O2S. The zero-order valence-corrected chi connectivity index (χ0v) is 19.7. The Balaban J connectivity index is 1.75.